The molecule has 41 heavy (non-hydrogen) atoms. The Labute approximate surface area is 249 Å². The second-order valence-electron chi connectivity index (χ2n) is 15.1. The predicted octanol–water partition coefficient (Wildman–Crippen LogP) is 5.98. The highest BCUT2D eigenvalue weighted by molar-refractivity contribution is 7.90. The van der Waals surface area contributed by atoms with Gasteiger partial charge >= 0.3 is 0 Å². The molecule has 1 aliphatic heterocycles. The number of amides is 1. The molecule has 7 nitrogen and oxygen atoms in total. The van der Waals surface area contributed by atoms with Crippen molar-refractivity contribution in [2.24, 2.45) is 28.6 Å². The molecule has 7 atom stereocenters. The second kappa shape index (κ2) is 11.3. The highest BCUT2D eigenvalue weighted by atomic mass is 32.2. The Morgan fingerprint density at radius 1 is 1.17 bits per heavy atom. The van der Waals surface area contributed by atoms with E-state index in [2.05, 4.69) is 47.7 Å². The van der Waals surface area contributed by atoms with Gasteiger partial charge in [0.25, 0.3) is 0 Å². The summed E-state index contributed by atoms with van der Waals surface area (Å²) in [5.41, 5.74) is 0.596. The molecule has 1 saturated heterocycles. The molecule has 2 saturated carbocycles. The number of ether oxygens (including phenoxy) is 1. The number of sulfonamides is 1. The van der Waals surface area contributed by atoms with E-state index in [-0.39, 0.29) is 39.7 Å². The Morgan fingerprint density at radius 2 is 1.80 bits per heavy atom. The molecule has 1 aromatic rings. The number of carbonyl (C=O) groups is 1. The van der Waals surface area contributed by atoms with Crippen LogP contribution in [0.25, 0.3) is 0 Å². The van der Waals surface area contributed by atoms with E-state index in [4.69, 9.17) is 9.16 Å². The Bertz CT molecular complexity index is 1200. The third-order valence-corrected chi connectivity index (χ3v) is 18.0. The fraction of sp³-hybridized carbons (Fsp3) is 0.781. The van der Waals surface area contributed by atoms with Crippen molar-refractivity contribution in [3.63, 3.8) is 0 Å². The molecule has 1 aromatic carbocycles. The van der Waals surface area contributed by atoms with Crippen LogP contribution in [0.4, 0.5) is 0 Å². The summed E-state index contributed by atoms with van der Waals surface area (Å²) in [5.74, 6) is -1.27. The van der Waals surface area contributed by atoms with E-state index in [1.54, 1.807) is 6.92 Å². The van der Waals surface area contributed by atoms with Crippen LogP contribution >= 0.6 is 0 Å². The molecule has 232 valence electrons. The molecule has 1 amide bonds. The minimum atomic E-state index is -3.75. The molecule has 1 heterocycles. The minimum Gasteiger partial charge on any atom is -0.413 e. The van der Waals surface area contributed by atoms with Crippen LogP contribution in [0.3, 0.4) is 0 Å². The molecule has 4 rings (SSSR count). The van der Waals surface area contributed by atoms with Gasteiger partial charge in [-0.1, -0.05) is 78.8 Å². The van der Waals surface area contributed by atoms with Gasteiger partial charge in [-0.05, 0) is 60.7 Å². The molecule has 0 aromatic heterocycles. The van der Waals surface area contributed by atoms with Crippen molar-refractivity contribution in [1.29, 1.82) is 0 Å². The maximum absolute atomic E-state index is 13.9. The van der Waals surface area contributed by atoms with E-state index in [1.165, 1.54) is 4.31 Å². The summed E-state index contributed by atoms with van der Waals surface area (Å²) in [6.45, 7) is 19.8. The van der Waals surface area contributed by atoms with Gasteiger partial charge < -0.3 is 14.3 Å². The molecular formula is C32H53NO6SSi. The molecule has 2 bridgehead atoms. The number of aliphatic hydroxyl groups is 1. The Kier molecular flexibility index (Phi) is 9.03. The van der Waals surface area contributed by atoms with Crippen LogP contribution in [0.5, 0.6) is 0 Å². The van der Waals surface area contributed by atoms with E-state index in [0.29, 0.717) is 25.6 Å². The van der Waals surface area contributed by atoms with Crippen molar-refractivity contribution in [2.75, 3.05) is 12.4 Å². The number of benzene rings is 1. The van der Waals surface area contributed by atoms with Crippen molar-refractivity contribution in [1.82, 2.24) is 4.31 Å². The van der Waals surface area contributed by atoms with Gasteiger partial charge in [-0.2, -0.15) is 0 Å². The van der Waals surface area contributed by atoms with Gasteiger partial charge in [0.2, 0.25) is 15.9 Å². The second-order valence-corrected chi connectivity index (χ2v) is 21.7. The van der Waals surface area contributed by atoms with Crippen LogP contribution in [-0.2, 0) is 30.6 Å². The highest BCUT2D eigenvalue weighted by Gasteiger charge is 2.72. The number of fused-ring (bicyclic) bond motifs is 1. The molecule has 1 spiro atoms. The van der Waals surface area contributed by atoms with E-state index in [1.807, 2.05) is 37.3 Å². The van der Waals surface area contributed by atoms with Crippen molar-refractivity contribution in [2.45, 2.75) is 117 Å². The van der Waals surface area contributed by atoms with Gasteiger partial charge in [0.1, 0.15) is 0 Å². The first-order valence-corrected chi connectivity index (χ1v) is 19.9. The van der Waals surface area contributed by atoms with Gasteiger partial charge in [0.05, 0.1) is 36.5 Å². The molecule has 3 aliphatic rings. The number of aliphatic hydroxyl groups excluding tert-OH is 1. The van der Waals surface area contributed by atoms with E-state index in [9.17, 15) is 18.3 Å². The summed E-state index contributed by atoms with van der Waals surface area (Å²) in [6, 6.07) is 9.69. The number of hydrogen-bond acceptors (Lipinski definition) is 6. The zero-order valence-electron chi connectivity index (χ0n) is 26.6. The van der Waals surface area contributed by atoms with Crippen LogP contribution in [0.15, 0.2) is 30.3 Å². The summed E-state index contributed by atoms with van der Waals surface area (Å²) in [4.78, 5) is 13.9. The number of nitrogens with zero attached hydrogens (tertiary/aromatic N) is 1. The van der Waals surface area contributed by atoms with Gasteiger partial charge in [-0.25, -0.2) is 12.7 Å². The lowest BCUT2D eigenvalue weighted by Gasteiger charge is -2.42. The van der Waals surface area contributed by atoms with Gasteiger partial charge in [0.15, 0.2) is 8.32 Å². The summed E-state index contributed by atoms with van der Waals surface area (Å²) >= 11 is 0. The molecule has 0 radical (unpaired) electrons. The minimum absolute atomic E-state index is 0.0329. The third kappa shape index (κ3) is 5.82. The van der Waals surface area contributed by atoms with Crippen molar-refractivity contribution in [3.8, 4) is 0 Å². The lowest BCUT2D eigenvalue weighted by Crippen LogP contribution is -2.51. The SMILES string of the molecule is C[C@@H]([C@@H](O)[C@H](C)C(=O)N1[C@H]2C[C@@H]3CC[C@@]2(CS1(=O)=O)C3(C)C)[C@H](CCOCc1ccccc1)O[Si](C)(C)C(C)(C)C. The summed E-state index contributed by atoms with van der Waals surface area (Å²) in [7, 11) is -5.96. The van der Waals surface area contributed by atoms with Gasteiger partial charge in [-0.3, -0.25) is 4.79 Å². The summed E-state index contributed by atoms with van der Waals surface area (Å²) in [6.07, 6.45) is 1.78. The predicted molar refractivity (Wildman–Crippen MR) is 165 cm³/mol. The first-order valence-electron chi connectivity index (χ1n) is 15.4. The summed E-state index contributed by atoms with van der Waals surface area (Å²) in [5, 5.41) is 11.6. The monoisotopic (exact) mass is 607 g/mol. The average molecular weight is 608 g/mol. The molecule has 0 unspecified atom stereocenters. The van der Waals surface area contributed by atoms with Crippen LogP contribution in [-0.4, -0.2) is 62.7 Å². The first-order chi connectivity index (χ1) is 18.9. The van der Waals surface area contributed by atoms with Crippen molar-refractivity contribution < 1.29 is 27.5 Å². The molecule has 3 fully saturated rings. The summed E-state index contributed by atoms with van der Waals surface area (Å²) < 4.78 is 41.0. The lowest BCUT2D eigenvalue weighted by molar-refractivity contribution is -0.138. The Morgan fingerprint density at radius 3 is 2.39 bits per heavy atom. The van der Waals surface area contributed by atoms with Crippen molar-refractivity contribution >= 4 is 24.2 Å². The number of rotatable bonds is 11. The smallest absolute Gasteiger partial charge is 0.241 e. The first kappa shape index (κ1) is 32.6. The van der Waals surface area contributed by atoms with E-state index >= 15 is 0 Å². The number of carbonyl (C=O) groups excluding carboxylic acids is 1. The Hall–Kier alpha value is -1.26. The van der Waals surface area contributed by atoms with E-state index in [0.717, 1.165) is 24.8 Å². The maximum Gasteiger partial charge on any atom is 0.241 e. The van der Waals surface area contributed by atoms with Crippen LogP contribution < -0.4 is 0 Å². The lowest BCUT2D eigenvalue weighted by atomic mass is 9.69. The zero-order valence-corrected chi connectivity index (χ0v) is 28.5. The fourth-order valence-electron chi connectivity index (χ4n) is 7.55. The largest absolute Gasteiger partial charge is 0.413 e. The topological polar surface area (TPSA) is 93.1 Å². The molecule has 2 aliphatic carbocycles. The maximum atomic E-state index is 13.9. The molecular weight excluding hydrogens is 555 g/mol. The van der Waals surface area contributed by atoms with Gasteiger partial charge in [0, 0.05) is 17.9 Å². The van der Waals surface area contributed by atoms with Crippen LogP contribution in [0.2, 0.25) is 18.1 Å². The van der Waals surface area contributed by atoms with E-state index < -0.39 is 36.3 Å². The van der Waals surface area contributed by atoms with Crippen LogP contribution in [0, 0.1) is 28.6 Å². The third-order valence-electron chi connectivity index (χ3n) is 11.6. The van der Waals surface area contributed by atoms with Crippen LogP contribution in [0.1, 0.15) is 79.7 Å². The standard InChI is InChI=1S/C32H53NO6SSi/c1-22(26(39-41(8,9)30(3,4)5)16-18-38-20-24-13-11-10-12-14-24)28(34)23(2)29(35)33-27-19-25-15-17-32(27,31(25,6)7)21-40(33,36)37/h10-14,22-23,25-28,34H,15-21H2,1-9H3/t22-,23+,25+,26+,27+,28-,32+/m1/s1. The average Bonchev–Trinajstić information content (AvgIpc) is 3.36. The fourth-order valence-corrected chi connectivity index (χ4v) is 11.6. The molecule has 9 heteroatoms. The molecule has 1 N–H and O–H groups in total. The Balaban J connectivity index is 1.49. The quantitative estimate of drug-likeness (QED) is 0.246. The van der Waals surface area contributed by atoms with Gasteiger partial charge in [-0.15, -0.1) is 0 Å². The van der Waals surface area contributed by atoms with Crippen molar-refractivity contribution in [3.05, 3.63) is 35.9 Å². The normalized spacial score (nSPS) is 29.7. The number of hydrogen-bond donors (Lipinski definition) is 1. The zero-order chi connectivity index (χ0) is 30.6. The highest BCUT2D eigenvalue weighted by Crippen LogP contribution is 2.70.